The number of morpholine rings is 1. The molecule has 1 aliphatic rings. The summed E-state index contributed by atoms with van der Waals surface area (Å²) >= 11 is 1.43. The van der Waals surface area contributed by atoms with Crippen LogP contribution < -0.4 is 0 Å². The van der Waals surface area contributed by atoms with Crippen LogP contribution in [0.15, 0.2) is 53.7 Å². The van der Waals surface area contributed by atoms with Gasteiger partial charge in [-0.3, -0.25) is 9.36 Å². The van der Waals surface area contributed by atoms with Crippen LogP contribution in [0.3, 0.4) is 0 Å². The Bertz CT molecular complexity index is 1050. The molecule has 0 saturated carbocycles. The van der Waals surface area contributed by atoms with Crippen molar-refractivity contribution in [2.75, 3.05) is 18.8 Å². The summed E-state index contributed by atoms with van der Waals surface area (Å²) in [4.78, 5) is 14.8. The number of carbonyl (C=O) groups excluding carboxylic acids is 1. The van der Waals surface area contributed by atoms with E-state index in [9.17, 15) is 4.79 Å². The molecular weight excluding hydrogens is 408 g/mol. The molecule has 3 aromatic rings. The second kappa shape index (κ2) is 9.24. The van der Waals surface area contributed by atoms with Crippen molar-refractivity contribution >= 4 is 17.7 Å². The van der Waals surface area contributed by atoms with Gasteiger partial charge >= 0.3 is 0 Å². The molecule has 0 spiro atoms. The third-order valence-electron chi connectivity index (χ3n) is 5.30. The van der Waals surface area contributed by atoms with Crippen molar-refractivity contribution in [1.82, 2.24) is 19.7 Å². The molecule has 6 nitrogen and oxygen atoms in total. The molecule has 2 unspecified atom stereocenters. The van der Waals surface area contributed by atoms with Crippen LogP contribution in [-0.4, -0.2) is 56.6 Å². The van der Waals surface area contributed by atoms with Gasteiger partial charge in [-0.1, -0.05) is 53.2 Å². The lowest BCUT2D eigenvalue weighted by Crippen LogP contribution is -2.48. The van der Waals surface area contributed by atoms with Crippen LogP contribution in [0.5, 0.6) is 0 Å². The number of aromatic nitrogens is 3. The monoisotopic (exact) mass is 436 g/mol. The Morgan fingerprint density at radius 1 is 1.03 bits per heavy atom. The number of thioether (sulfide) groups is 1. The summed E-state index contributed by atoms with van der Waals surface area (Å²) in [6.45, 7) is 9.40. The molecular formula is C24H28N4O2S. The molecule has 1 fully saturated rings. The Balaban J connectivity index is 1.61. The first-order valence-corrected chi connectivity index (χ1v) is 11.5. The van der Waals surface area contributed by atoms with Crippen LogP contribution >= 0.6 is 11.8 Å². The van der Waals surface area contributed by atoms with E-state index in [2.05, 4.69) is 60.4 Å². The summed E-state index contributed by atoms with van der Waals surface area (Å²) in [5, 5.41) is 9.65. The largest absolute Gasteiger partial charge is 0.372 e. The average Bonchev–Trinajstić information content (AvgIpc) is 3.16. The lowest BCUT2D eigenvalue weighted by atomic mass is 10.1. The quantitative estimate of drug-likeness (QED) is 0.559. The van der Waals surface area contributed by atoms with Gasteiger partial charge in [-0.2, -0.15) is 0 Å². The summed E-state index contributed by atoms with van der Waals surface area (Å²) in [6.07, 6.45) is 0.115. The highest BCUT2D eigenvalue weighted by Gasteiger charge is 2.26. The van der Waals surface area contributed by atoms with Crippen LogP contribution in [0.4, 0.5) is 0 Å². The van der Waals surface area contributed by atoms with Gasteiger partial charge in [0, 0.05) is 24.3 Å². The van der Waals surface area contributed by atoms with Crippen molar-refractivity contribution in [2.45, 2.75) is 45.1 Å². The van der Waals surface area contributed by atoms with Crippen molar-refractivity contribution in [1.29, 1.82) is 0 Å². The molecule has 0 aliphatic carbocycles. The first kappa shape index (κ1) is 21.6. The second-order valence-electron chi connectivity index (χ2n) is 8.19. The molecule has 2 aromatic carbocycles. The van der Waals surface area contributed by atoms with Gasteiger partial charge in [0.05, 0.1) is 18.0 Å². The molecule has 2 atom stereocenters. The van der Waals surface area contributed by atoms with Crippen LogP contribution in [0.25, 0.3) is 17.1 Å². The Labute approximate surface area is 187 Å². The van der Waals surface area contributed by atoms with Crippen molar-refractivity contribution < 1.29 is 9.53 Å². The van der Waals surface area contributed by atoms with E-state index in [-0.39, 0.29) is 18.1 Å². The third kappa shape index (κ3) is 4.99. The average molecular weight is 437 g/mol. The number of ether oxygens (including phenoxy) is 1. The molecule has 1 aromatic heterocycles. The van der Waals surface area contributed by atoms with Crippen molar-refractivity contribution in [3.63, 3.8) is 0 Å². The fraction of sp³-hybridized carbons (Fsp3) is 0.375. The minimum atomic E-state index is 0.0573. The smallest absolute Gasteiger partial charge is 0.233 e. The summed E-state index contributed by atoms with van der Waals surface area (Å²) in [5.41, 5.74) is 4.34. The number of benzene rings is 2. The first-order chi connectivity index (χ1) is 14.9. The number of rotatable bonds is 5. The molecule has 1 aliphatic heterocycles. The van der Waals surface area contributed by atoms with E-state index in [1.807, 2.05) is 35.4 Å². The molecule has 162 valence electrons. The maximum absolute atomic E-state index is 12.9. The lowest BCUT2D eigenvalue weighted by Gasteiger charge is -2.35. The van der Waals surface area contributed by atoms with E-state index in [0.29, 0.717) is 24.0 Å². The normalized spacial score (nSPS) is 18.9. The van der Waals surface area contributed by atoms with E-state index < -0.39 is 0 Å². The highest BCUT2D eigenvalue weighted by molar-refractivity contribution is 7.99. The molecule has 0 radical (unpaired) electrons. The molecule has 31 heavy (non-hydrogen) atoms. The van der Waals surface area contributed by atoms with Gasteiger partial charge < -0.3 is 9.64 Å². The Morgan fingerprint density at radius 3 is 2.42 bits per heavy atom. The molecule has 1 saturated heterocycles. The molecule has 2 heterocycles. The van der Waals surface area contributed by atoms with E-state index in [4.69, 9.17) is 4.74 Å². The van der Waals surface area contributed by atoms with Gasteiger partial charge in [-0.15, -0.1) is 10.2 Å². The zero-order valence-corrected chi connectivity index (χ0v) is 19.2. The molecule has 1 amide bonds. The van der Waals surface area contributed by atoms with Crippen molar-refractivity contribution in [3.8, 4) is 17.1 Å². The van der Waals surface area contributed by atoms with Gasteiger partial charge in [-0.05, 0) is 45.9 Å². The second-order valence-corrected chi connectivity index (χ2v) is 9.13. The van der Waals surface area contributed by atoms with Gasteiger partial charge in [0.15, 0.2) is 11.0 Å². The fourth-order valence-corrected chi connectivity index (χ4v) is 4.71. The minimum absolute atomic E-state index is 0.0573. The Hall–Kier alpha value is -2.64. The predicted octanol–water partition coefficient (Wildman–Crippen LogP) is 4.28. The topological polar surface area (TPSA) is 60.2 Å². The van der Waals surface area contributed by atoms with E-state index in [1.54, 1.807) is 0 Å². The van der Waals surface area contributed by atoms with Crippen LogP contribution in [0.1, 0.15) is 25.0 Å². The number of hydrogen-bond acceptors (Lipinski definition) is 5. The third-order valence-corrected chi connectivity index (χ3v) is 6.21. The van der Waals surface area contributed by atoms with Gasteiger partial charge in [0.1, 0.15) is 0 Å². The maximum atomic E-state index is 12.9. The molecule has 4 rings (SSSR count). The highest BCUT2D eigenvalue weighted by Crippen LogP contribution is 2.29. The number of carbonyl (C=O) groups is 1. The van der Waals surface area contributed by atoms with E-state index >= 15 is 0 Å². The SMILES string of the molecule is Cc1ccc(-n2c(SCC(=O)N3CC(C)OC(C)C3)nnc2-c2cccc(C)c2)cc1. The molecule has 0 bridgehead atoms. The predicted molar refractivity (Wildman–Crippen MR) is 124 cm³/mol. The molecule has 0 N–H and O–H groups in total. The number of amides is 1. The standard InChI is InChI=1S/C24H28N4O2S/c1-16-8-10-21(11-9-16)28-23(20-7-5-6-17(2)12-20)25-26-24(28)31-15-22(29)27-13-18(3)30-19(4)14-27/h5-12,18-19H,13-15H2,1-4H3. The maximum Gasteiger partial charge on any atom is 0.233 e. The number of aryl methyl sites for hydroxylation is 2. The fourth-order valence-electron chi connectivity index (χ4n) is 3.86. The van der Waals surface area contributed by atoms with Crippen molar-refractivity contribution in [2.24, 2.45) is 0 Å². The van der Waals surface area contributed by atoms with Gasteiger partial charge in [0.2, 0.25) is 5.91 Å². The Morgan fingerprint density at radius 2 is 1.74 bits per heavy atom. The highest BCUT2D eigenvalue weighted by atomic mass is 32.2. The zero-order chi connectivity index (χ0) is 22.0. The van der Waals surface area contributed by atoms with Crippen LogP contribution in [0, 0.1) is 13.8 Å². The Kier molecular flexibility index (Phi) is 6.43. The summed E-state index contributed by atoms with van der Waals surface area (Å²) < 4.78 is 7.79. The van der Waals surface area contributed by atoms with Crippen LogP contribution in [-0.2, 0) is 9.53 Å². The van der Waals surface area contributed by atoms with Gasteiger partial charge in [-0.25, -0.2) is 0 Å². The van der Waals surface area contributed by atoms with E-state index in [0.717, 1.165) is 22.6 Å². The summed E-state index contributed by atoms with van der Waals surface area (Å²) in [7, 11) is 0. The zero-order valence-electron chi connectivity index (χ0n) is 18.4. The van der Waals surface area contributed by atoms with Crippen molar-refractivity contribution in [3.05, 3.63) is 59.7 Å². The summed E-state index contributed by atoms with van der Waals surface area (Å²) in [5.74, 6) is 1.19. The van der Waals surface area contributed by atoms with Gasteiger partial charge in [0.25, 0.3) is 0 Å². The lowest BCUT2D eigenvalue weighted by molar-refractivity contribution is -0.140. The van der Waals surface area contributed by atoms with E-state index in [1.165, 1.54) is 17.3 Å². The minimum Gasteiger partial charge on any atom is -0.372 e. The number of nitrogens with zero attached hydrogens (tertiary/aromatic N) is 4. The number of hydrogen-bond donors (Lipinski definition) is 0. The summed E-state index contributed by atoms with van der Waals surface area (Å²) in [6, 6.07) is 16.5. The molecule has 7 heteroatoms. The van der Waals surface area contributed by atoms with Crippen LogP contribution in [0.2, 0.25) is 0 Å². The first-order valence-electron chi connectivity index (χ1n) is 10.6.